The van der Waals surface area contributed by atoms with Gasteiger partial charge in [0.05, 0.1) is 0 Å². The number of rotatable bonds is 17. The molecule has 36 heavy (non-hydrogen) atoms. The van der Waals surface area contributed by atoms with Gasteiger partial charge in [0.2, 0.25) is 0 Å². The van der Waals surface area contributed by atoms with Crippen LogP contribution in [0.25, 0.3) is 0 Å². The van der Waals surface area contributed by atoms with E-state index >= 15 is 0 Å². The zero-order chi connectivity index (χ0) is 25.8. The highest BCUT2D eigenvalue weighted by atomic mass is 16.4. The second-order valence-corrected chi connectivity index (χ2v) is 9.47. The molecule has 6 heteroatoms. The van der Waals surface area contributed by atoms with Crippen LogP contribution in [0.3, 0.4) is 0 Å². The van der Waals surface area contributed by atoms with Gasteiger partial charge in [-0.3, -0.25) is 0 Å². The van der Waals surface area contributed by atoms with Gasteiger partial charge in [-0.05, 0) is 36.8 Å². The first-order chi connectivity index (χ1) is 17.7. The number of benzene rings is 2. The van der Waals surface area contributed by atoms with Gasteiger partial charge in [-0.25, -0.2) is 0 Å². The molecule has 2 aromatic carbocycles. The monoisotopic (exact) mass is 494 g/mol. The van der Waals surface area contributed by atoms with Crippen molar-refractivity contribution in [3.63, 3.8) is 0 Å². The summed E-state index contributed by atoms with van der Waals surface area (Å²) in [7, 11) is 0. The van der Waals surface area contributed by atoms with E-state index < -0.39 is 0 Å². The van der Waals surface area contributed by atoms with Crippen LogP contribution in [-0.4, -0.2) is 45.0 Å². The van der Waals surface area contributed by atoms with Crippen LogP contribution in [0.4, 0.5) is 0 Å². The summed E-state index contributed by atoms with van der Waals surface area (Å²) in [5, 5.41) is 26.3. The maximum atomic E-state index is 9.55. The van der Waals surface area contributed by atoms with Gasteiger partial charge in [0, 0.05) is 39.0 Å². The van der Waals surface area contributed by atoms with Crippen LogP contribution in [0, 0.1) is 0 Å². The largest absolute Gasteiger partial charge is 0.409 e. The molecule has 2 aromatic rings. The maximum absolute atomic E-state index is 9.55. The molecule has 0 aromatic heterocycles. The van der Waals surface area contributed by atoms with E-state index in [1.165, 1.54) is 36.8 Å². The van der Waals surface area contributed by atoms with Crippen LogP contribution in [-0.2, 0) is 13.1 Å². The predicted octanol–water partition coefficient (Wildman–Crippen LogP) is 7.51. The highest BCUT2D eigenvalue weighted by molar-refractivity contribution is 5.82. The summed E-state index contributed by atoms with van der Waals surface area (Å²) >= 11 is 0. The lowest BCUT2D eigenvalue weighted by atomic mass is 10.1. The maximum Gasteiger partial charge on any atom is 0.144 e. The van der Waals surface area contributed by atoms with Gasteiger partial charge < -0.3 is 20.2 Å². The van der Waals surface area contributed by atoms with Crippen molar-refractivity contribution in [2.24, 2.45) is 10.3 Å². The van der Waals surface area contributed by atoms with Crippen molar-refractivity contribution in [2.45, 2.75) is 91.1 Å². The second-order valence-electron chi connectivity index (χ2n) is 9.47. The normalized spacial score (nSPS) is 12.1. The topological polar surface area (TPSA) is 71.7 Å². The van der Waals surface area contributed by atoms with Crippen molar-refractivity contribution >= 4 is 11.7 Å². The third kappa shape index (κ3) is 11.1. The third-order valence-electron chi connectivity index (χ3n) is 6.45. The average molecular weight is 495 g/mol. The van der Waals surface area contributed by atoms with E-state index in [0.29, 0.717) is 0 Å². The number of hydrogen-bond donors (Lipinski definition) is 2. The molecule has 0 spiro atoms. The van der Waals surface area contributed by atoms with Gasteiger partial charge in [0.25, 0.3) is 0 Å². The van der Waals surface area contributed by atoms with E-state index in [0.717, 1.165) is 76.4 Å². The molecular formula is C30H46N4O2. The zero-order valence-corrected chi connectivity index (χ0v) is 22.4. The van der Waals surface area contributed by atoms with Crippen molar-refractivity contribution in [1.82, 2.24) is 9.80 Å². The number of hydrogen-bond acceptors (Lipinski definition) is 4. The Morgan fingerprint density at radius 3 is 1.28 bits per heavy atom. The van der Waals surface area contributed by atoms with E-state index in [4.69, 9.17) is 0 Å². The van der Waals surface area contributed by atoms with E-state index in [1.807, 2.05) is 12.1 Å². The smallest absolute Gasteiger partial charge is 0.144 e. The minimum atomic E-state index is 0.782. The molecule has 0 saturated heterocycles. The lowest BCUT2D eigenvalue weighted by Gasteiger charge is -2.26. The minimum Gasteiger partial charge on any atom is -0.409 e. The number of unbranched alkanes of at least 4 members (excludes halogenated alkanes) is 5. The molecule has 0 heterocycles. The quantitative estimate of drug-likeness (QED) is 0.0785. The molecule has 0 atom stereocenters. The fourth-order valence-electron chi connectivity index (χ4n) is 4.51. The molecule has 198 valence electrons. The molecular weight excluding hydrogens is 448 g/mol. The molecule has 0 unspecified atom stereocenters. The number of amidine groups is 2. The molecule has 0 radical (unpaired) electrons. The molecule has 0 aliphatic heterocycles. The SMILES string of the molecule is CCCC(=NO)N(CCCCCCCCN(Cc1ccccc1)C(CCC)=NO)Cc1ccccc1. The van der Waals surface area contributed by atoms with Crippen molar-refractivity contribution < 1.29 is 10.4 Å². The Hall–Kier alpha value is -3.02. The van der Waals surface area contributed by atoms with Gasteiger partial charge in [-0.2, -0.15) is 0 Å². The fraction of sp³-hybridized carbons (Fsp3) is 0.533. The lowest BCUT2D eigenvalue weighted by molar-refractivity contribution is 0.290. The first-order valence-corrected chi connectivity index (χ1v) is 13.7. The molecule has 0 fully saturated rings. The first-order valence-electron chi connectivity index (χ1n) is 13.7. The van der Waals surface area contributed by atoms with Crippen LogP contribution in [0.1, 0.15) is 89.2 Å². The van der Waals surface area contributed by atoms with Crippen LogP contribution >= 0.6 is 0 Å². The van der Waals surface area contributed by atoms with Crippen molar-refractivity contribution in [3.05, 3.63) is 71.8 Å². The molecule has 0 bridgehead atoms. The van der Waals surface area contributed by atoms with E-state index in [-0.39, 0.29) is 0 Å². The van der Waals surface area contributed by atoms with Gasteiger partial charge in [-0.15, -0.1) is 0 Å². The Kier molecular flexibility index (Phi) is 14.8. The average Bonchev–Trinajstić information content (AvgIpc) is 2.91. The first kappa shape index (κ1) is 29.2. The minimum absolute atomic E-state index is 0.782. The molecule has 2 rings (SSSR count). The van der Waals surface area contributed by atoms with Gasteiger partial charge >= 0.3 is 0 Å². The van der Waals surface area contributed by atoms with Crippen LogP contribution < -0.4 is 0 Å². The van der Waals surface area contributed by atoms with Crippen molar-refractivity contribution in [2.75, 3.05) is 13.1 Å². The van der Waals surface area contributed by atoms with E-state index in [1.54, 1.807) is 0 Å². The van der Waals surface area contributed by atoms with Gasteiger partial charge in [0.1, 0.15) is 11.7 Å². The zero-order valence-electron chi connectivity index (χ0n) is 22.4. The lowest BCUT2D eigenvalue weighted by Crippen LogP contribution is -2.31. The number of oxime groups is 2. The predicted molar refractivity (Wildman–Crippen MR) is 150 cm³/mol. The summed E-state index contributed by atoms with van der Waals surface area (Å²) in [6.07, 6.45) is 10.4. The summed E-state index contributed by atoms with van der Waals surface area (Å²) in [6.45, 7) is 7.61. The van der Waals surface area contributed by atoms with E-state index in [9.17, 15) is 10.4 Å². The van der Waals surface area contributed by atoms with Crippen LogP contribution in [0.2, 0.25) is 0 Å². The summed E-state index contributed by atoms with van der Waals surface area (Å²) < 4.78 is 0. The van der Waals surface area contributed by atoms with Gasteiger partial charge in [-0.1, -0.05) is 111 Å². The molecule has 0 aliphatic carbocycles. The highest BCUT2D eigenvalue weighted by Crippen LogP contribution is 2.14. The van der Waals surface area contributed by atoms with Gasteiger partial charge in [0.15, 0.2) is 0 Å². The molecule has 6 nitrogen and oxygen atoms in total. The molecule has 2 N–H and O–H groups in total. The summed E-state index contributed by atoms with van der Waals surface area (Å²) in [6, 6.07) is 20.8. The Balaban J connectivity index is 1.74. The summed E-state index contributed by atoms with van der Waals surface area (Å²) in [5.41, 5.74) is 2.48. The molecule has 0 amide bonds. The molecule has 0 saturated carbocycles. The van der Waals surface area contributed by atoms with Crippen molar-refractivity contribution in [3.8, 4) is 0 Å². The fourth-order valence-corrected chi connectivity index (χ4v) is 4.51. The Labute approximate surface area is 218 Å². The summed E-state index contributed by atoms with van der Waals surface area (Å²) in [4.78, 5) is 4.45. The standard InChI is InChI=1S/C30H46N4O2/c1-3-17-29(31-35)33(25-27-19-11-9-12-20-27)23-15-7-5-6-8-16-24-34(30(32-36)18-4-2)26-28-21-13-10-14-22-28/h9-14,19-22,35-36H,3-8,15-18,23-26H2,1-2H3. The Morgan fingerprint density at radius 2 is 0.944 bits per heavy atom. The van der Waals surface area contributed by atoms with E-state index in [2.05, 4.69) is 82.5 Å². The second kappa shape index (κ2) is 18.3. The third-order valence-corrected chi connectivity index (χ3v) is 6.45. The summed E-state index contributed by atoms with van der Waals surface area (Å²) in [5.74, 6) is 1.57. The molecule has 0 aliphatic rings. The Morgan fingerprint density at radius 1 is 0.583 bits per heavy atom. The Bertz CT molecular complexity index is 798. The number of nitrogens with zero attached hydrogens (tertiary/aromatic N) is 4. The highest BCUT2D eigenvalue weighted by Gasteiger charge is 2.13. The van der Waals surface area contributed by atoms with Crippen LogP contribution in [0.15, 0.2) is 71.0 Å². The van der Waals surface area contributed by atoms with Crippen molar-refractivity contribution in [1.29, 1.82) is 0 Å². The van der Waals surface area contributed by atoms with Crippen LogP contribution in [0.5, 0.6) is 0 Å².